The molecular weight excluding hydrogens is 316 g/mol. The second-order valence-electron chi connectivity index (χ2n) is 7.15. The molecule has 1 saturated heterocycles. The number of rotatable bonds is 3. The van der Waals surface area contributed by atoms with Crippen LogP contribution >= 0.6 is 0 Å². The van der Waals surface area contributed by atoms with E-state index in [1.54, 1.807) is 20.5 Å². The summed E-state index contributed by atoms with van der Waals surface area (Å²) in [7, 11) is 3.30. The van der Waals surface area contributed by atoms with Crippen molar-refractivity contribution in [1.29, 1.82) is 0 Å². The van der Waals surface area contributed by atoms with Crippen LogP contribution in [0, 0.1) is 11.8 Å². The maximum Gasteiger partial charge on any atom is 0.162 e. The highest BCUT2D eigenvalue weighted by Gasteiger charge is 2.25. The Morgan fingerprint density at radius 3 is 2.40 bits per heavy atom. The molecule has 0 radical (unpaired) electrons. The molecule has 25 heavy (non-hydrogen) atoms. The Hall–Kier alpha value is -2.50. The molecule has 1 N–H and O–H groups in total. The van der Waals surface area contributed by atoms with Crippen molar-refractivity contribution in [1.82, 2.24) is 15.0 Å². The second kappa shape index (κ2) is 6.10. The molecule has 2 atom stereocenters. The van der Waals surface area contributed by atoms with Gasteiger partial charge in [-0.1, -0.05) is 13.8 Å². The third kappa shape index (κ3) is 2.65. The molecule has 3 heterocycles. The summed E-state index contributed by atoms with van der Waals surface area (Å²) in [6.07, 6.45) is 2.93. The first kappa shape index (κ1) is 16.0. The molecule has 0 aliphatic carbocycles. The van der Waals surface area contributed by atoms with Gasteiger partial charge in [0.25, 0.3) is 0 Å². The Labute approximate surface area is 147 Å². The van der Waals surface area contributed by atoms with Crippen LogP contribution in [-0.2, 0) is 0 Å². The number of methoxy groups -OCH3 is 2. The van der Waals surface area contributed by atoms with Crippen molar-refractivity contribution >= 4 is 27.8 Å². The van der Waals surface area contributed by atoms with Gasteiger partial charge in [0.1, 0.15) is 17.4 Å². The number of piperidine rings is 1. The standard InChI is InChI=1S/C19H24N4O2/c1-11-5-12(2)9-23(8-11)19-18-17(20-10-21-19)13-6-15(24-3)16(25-4)7-14(13)22-18/h6-7,10-12,22H,5,8-9H2,1-4H3/t11-,12-/m0/s1. The molecule has 3 aromatic rings. The topological polar surface area (TPSA) is 63.3 Å². The molecule has 2 aromatic heterocycles. The van der Waals surface area contributed by atoms with Crippen molar-refractivity contribution in [2.45, 2.75) is 20.3 Å². The number of hydrogen-bond donors (Lipinski definition) is 1. The molecule has 0 amide bonds. The van der Waals surface area contributed by atoms with Crippen LogP contribution in [0.1, 0.15) is 20.3 Å². The Kier molecular flexibility index (Phi) is 3.90. The first-order valence-corrected chi connectivity index (χ1v) is 8.74. The highest BCUT2D eigenvalue weighted by atomic mass is 16.5. The number of fused-ring (bicyclic) bond motifs is 3. The van der Waals surface area contributed by atoms with Crippen LogP contribution in [0.4, 0.5) is 5.82 Å². The lowest BCUT2D eigenvalue weighted by Gasteiger charge is -2.35. The highest BCUT2D eigenvalue weighted by Crippen LogP contribution is 2.37. The highest BCUT2D eigenvalue weighted by molar-refractivity contribution is 6.09. The van der Waals surface area contributed by atoms with Crippen LogP contribution in [0.15, 0.2) is 18.5 Å². The van der Waals surface area contributed by atoms with Crippen LogP contribution in [-0.4, -0.2) is 42.3 Å². The number of anilines is 1. The van der Waals surface area contributed by atoms with E-state index in [0.717, 1.165) is 40.8 Å². The zero-order chi connectivity index (χ0) is 17.6. The van der Waals surface area contributed by atoms with E-state index < -0.39 is 0 Å². The average molecular weight is 340 g/mol. The molecular formula is C19H24N4O2. The van der Waals surface area contributed by atoms with Gasteiger partial charge in [-0.3, -0.25) is 0 Å². The minimum absolute atomic E-state index is 0.665. The molecule has 0 spiro atoms. The number of hydrogen-bond acceptors (Lipinski definition) is 5. The molecule has 0 saturated carbocycles. The summed E-state index contributed by atoms with van der Waals surface area (Å²) in [5, 5.41) is 1.02. The third-order valence-corrected chi connectivity index (χ3v) is 5.03. The molecule has 1 aliphatic heterocycles. The summed E-state index contributed by atoms with van der Waals surface area (Å²) >= 11 is 0. The number of nitrogens with one attached hydrogen (secondary N) is 1. The Morgan fingerprint density at radius 1 is 1.04 bits per heavy atom. The SMILES string of the molecule is COc1cc2[nH]c3c(N4C[C@@H](C)C[C@H](C)C4)ncnc3c2cc1OC. The number of benzene rings is 1. The molecule has 6 heteroatoms. The molecule has 0 bridgehead atoms. The van der Waals surface area contributed by atoms with Gasteiger partial charge >= 0.3 is 0 Å². The van der Waals surface area contributed by atoms with Gasteiger partial charge < -0.3 is 19.4 Å². The normalized spacial score (nSPS) is 21.0. The van der Waals surface area contributed by atoms with E-state index in [2.05, 4.69) is 33.7 Å². The minimum atomic E-state index is 0.665. The van der Waals surface area contributed by atoms with Gasteiger partial charge in [0.2, 0.25) is 0 Å². The first-order chi connectivity index (χ1) is 12.1. The van der Waals surface area contributed by atoms with E-state index in [4.69, 9.17) is 9.47 Å². The number of ether oxygens (including phenoxy) is 2. The fraction of sp³-hybridized carbons (Fsp3) is 0.474. The van der Waals surface area contributed by atoms with E-state index in [0.29, 0.717) is 23.3 Å². The summed E-state index contributed by atoms with van der Waals surface area (Å²) in [5.74, 6) is 3.72. The summed E-state index contributed by atoms with van der Waals surface area (Å²) in [6.45, 7) is 6.67. The van der Waals surface area contributed by atoms with Crippen LogP contribution in [0.2, 0.25) is 0 Å². The molecule has 1 aromatic carbocycles. The van der Waals surface area contributed by atoms with Gasteiger partial charge in [0.05, 0.1) is 19.7 Å². The van der Waals surface area contributed by atoms with E-state index in [1.165, 1.54) is 6.42 Å². The molecule has 6 nitrogen and oxygen atoms in total. The maximum atomic E-state index is 5.44. The quantitative estimate of drug-likeness (QED) is 0.789. The molecule has 1 fully saturated rings. The van der Waals surface area contributed by atoms with Crippen molar-refractivity contribution in [3.8, 4) is 11.5 Å². The predicted molar refractivity (Wildman–Crippen MR) is 99.7 cm³/mol. The Bertz CT molecular complexity index is 911. The van der Waals surface area contributed by atoms with Crippen LogP contribution < -0.4 is 14.4 Å². The maximum absolute atomic E-state index is 5.44. The minimum Gasteiger partial charge on any atom is -0.493 e. The molecule has 132 valence electrons. The van der Waals surface area contributed by atoms with E-state index in [1.807, 2.05) is 12.1 Å². The smallest absolute Gasteiger partial charge is 0.162 e. The Morgan fingerprint density at radius 2 is 1.72 bits per heavy atom. The van der Waals surface area contributed by atoms with Crippen molar-refractivity contribution in [3.63, 3.8) is 0 Å². The van der Waals surface area contributed by atoms with Crippen LogP contribution in [0.5, 0.6) is 11.5 Å². The van der Waals surface area contributed by atoms with Crippen molar-refractivity contribution < 1.29 is 9.47 Å². The van der Waals surface area contributed by atoms with Gasteiger partial charge in [-0.2, -0.15) is 0 Å². The van der Waals surface area contributed by atoms with E-state index in [9.17, 15) is 0 Å². The lowest BCUT2D eigenvalue weighted by atomic mass is 9.92. The van der Waals surface area contributed by atoms with Gasteiger partial charge in [-0.25, -0.2) is 9.97 Å². The fourth-order valence-electron chi connectivity index (χ4n) is 4.08. The second-order valence-corrected chi connectivity index (χ2v) is 7.15. The van der Waals surface area contributed by atoms with Gasteiger partial charge in [-0.15, -0.1) is 0 Å². The van der Waals surface area contributed by atoms with E-state index in [-0.39, 0.29) is 0 Å². The van der Waals surface area contributed by atoms with Crippen molar-refractivity contribution in [2.75, 3.05) is 32.2 Å². The zero-order valence-electron chi connectivity index (χ0n) is 15.2. The van der Waals surface area contributed by atoms with Crippen molar-refractivity contribution in [2.24, 2.45) is 11.8 Å². The lowest BCUT2D eigenvalue weighted by Crippen LogP contribution is -2.39. The van der Waals surface area contributed by atoms with Crippen LogP contribution in [0.25, 0.3) is 21.9 Å². The largest absolute Gasteiger partial charge is 0.493 e. The number of aromatic amines is 1. The van der Waals surface area contributed by atoms with Gasteiger partial charge in [0.15, 0.2) is 17.3 Å². The zero-order valence-corrected chi connectivity index (χ0v) is 15.2. The molecule has 1 aliphatic rings. The average Bonchev–Trinajstić information content (AvgIpc) is 2.97. The van der Waals surface area contributed by atoms with E-state index >= 15 is 0 Å². The molecule has 0 unspecified atom stereocenters. The number of nitrogens with zero attached hydrogens (tertiary/aromatic N) is 3. The lowest BCUT2D eigenvalue weighted by molar-refractivity contribution is 0.355. The van der Waals surface area contributed by atoms with Crippen LogP contribution in [0.3, 0.4) is 0 Å². The molecule has 4 rings (SSSR count). The van der Waals surface area contributed by atoms with Gasteiger partial charge in [0, 0.05) is 24.5 Å². The monoisotopic (exact) mass is 340 g/mol. The summed E-state index contributed by atoms with van der Waals surface area (Å²) in [4.78, 5) is 15.0. The number of H-pyrrole nitrogens is 1. The summed E-state index contributed by atoms with van der Waals surface area (Å²) in [5.41, 5.74) is 2.88. The first-order valence-electron chi connectivity index (χ1n) is 8.74. The fourth-order valence-corrected chi connectivity index (χ4v) is 4.08. The number of aromatic nitrogens is 3. The summed E-state index contributed by atoms with van der Waals surface area (Å²) < 4.78 is 10.9. The van der Waals surface area contributed by atoms with Crippen molar-refractivity contribution in [3.05, 3.63) is 18.5 Å². The predicted octanol–water partition coefficient (Wildman–Crippen LogP) is 3.61. The third-order valence-electron chi connectivity index (χ3n) is 5.03. The Balaban J connectivity index is 1.89. The van der Waals surface area contributed by atoms with Gasteiger partial charge in [-0.05, 0) is 24.3 Å². The summed E-state index contributed by atoms with van der Waals surface area (Å²) in [6, 6.07) is 3.94.